The standard InChI is InChI=1S/C21H29N3O2S/c1-15(2)27-19-7-5-18(6-8-19)13-21(25)24-11-9-23(10-12-24)14-20-16(3)22-26-17(20)4/h5-8,15H,9-14H2,1-4H3. The van der Waals surface area contributed by atoms with E-state index in [1.165, 1.54) is 10.5 Å². The third kappa shape index (κ3) is 5.36. The van der Waals surface area contributed by atoms with Crippen LogP contribution >= 0.6 is 11.8 Å². The fourth-order valence-electron chi connectivity index (χ4n) is 3.35. The first-order chi connectivity index (χ1) is 12.9. The highest BCUT2D eigenvalue weighted by molar-refractivity contribution is 7.99. The maximum atomic E-state index is 12.6. The zero-order valence-electron chi connectivity index (χ0n) is 16.7. The van der Waals surface area contributed by atoms with Crippen LogP contribution in [0.3, 0.4) is 0 Å². The SMILES string of the molecule is Cc1noc(C)c1CN1CCN(C(=O)Cc2ccc(SC(C)C)cc2)CC1. The van der Waals surface area contributed by atoms with Crippen molar-refractivity contribution in [1.82, 2.24) is 15.0 Å². The Morgan fingerprint density at radius 3 is 2.37 bits per heavy atom. The number of carbonyl (C=O) groups is 1. The Hall–Kier alpha value is -1.79. The van der Waals surface area contributed by atoms with E-state index in [-0.39, 0.29) is 5.91 Å². The summed E-state index contributed by atoms with van der Waals surface area (Å²) in [5.41, 5.74) is 3.23. The third-order valence-electron chi connectivity index (χ3n) is 4.94. The van der Waals surface area contributed by atoms with Crippen molar-refractivity contribution in [1.29, 1.82) is 0 Å². The first-order valence-corrected chi connectivity index (χ1v) is 10.5. The number of aromatic nitrogens is 1. The van der Waals surface area contributed by atoms with Crippen LogP contribution in [0.2, 0.25) is 0 Å². The number of rotatable bonds is 6. The van der Waals surface area contributed by atoms with Gasteiger partial charge in [0.1, 0.15) is 5.76 Å². The zero-order chi connectivity index (χ0) is 19.4. The van der Waals surface area contributed by atoms with Crippen LogP contribution in [-0.2, 0) is 17.8 Å². The molecular formula is C21H29N3O2S. The van der Waals surface area contributed by atoms with Crippen molar-refractivity contribution in [3.8, 4) is 0 Å². The van der Waals surface area contributed by atoms with Gasteiger partial charge in [-0.25, -0.2) is 0 Å². The molecule has 1 aliphatic rings. The van der Waals surface area contributed by atoms with Crippen LogP contribution in [0.25, 0.3) is 0 Å². The van der Waals surface area contributed by atoms with Gasteiger partial charge < -0.3 is 9.42 Å². The summed E-state index contributed by atoms with van der Waals surface area (Å²) >= 11 is 1.85. The molecule has 2 aromatic rings. The molecule has 0 saturated carbocycles. The van der Waals surface area contributed by atoms with E-state index in [4.69, 9.17) is 4.52 Å². The van der Waals surface area contributed by atoms with Gasteiger partial charge in [0.05, 0.1) is 12.1 Å². The minimum atomic E-state index is 0.219. The number of thioether (sulfide) groups is 1. The maximum absolute atomic E-state index is 12.6. The highest BCUT2D eigenvalue weighted by atomic mass is 32.2. The van der Waals surface area contributed by atoms with Crippen molar-refractivity contribution < 1.29 is 9.32 Å². The maximum Gasteiger partial charge on any atom is 0.227 e. The number of amides is 1. The van der Waals surface area contributed by atoms with Crippen LogP contribution in [-0.4, -0.2) is 52.3 Å². The van der Waals surface area contributed by atoms with E-state index in [1.807, 2.05) is 30.5 Å². The number of piperazine rings is 1. The van der Waals surface area contributed by atoms with Crippen molar-refractivity contribution in [2.45, 2.75) is 50.8 Å². The molecule has 1 aliphatic heterocycles. The van der Waals surface area contributed by atoms with Gasteiger partial charge in [-0.2, -0.15) is 0 Å². The van der Waals surface area contributed by atoms with E-state index in [9.17, 15) is 4.79 Å². The van der Waals surface area contributed by atoms with Crippen molar-refractivity contribution in [2.75, 3.05) is 26.2 Å². The summed E-state index contributed by atoms with van der Waals surface area (Å²) in [7, 11) is 0. The van der Waals surface area contributed by atoms with Crippen molar-refractivity contribution in [3.05, 3.63) is 46.8 Å². The molecule has 27 heavy (non-hydrogen) atoms. The van der Waals surface area contributed by atoms with E-state index >= 15 is 0 Å². The van der Waals surface area contributed by atoms with Gasteiger partial charge in [-0.05, 0) is 31.5 Å². The number of hydrogen-bond donors (Lipinski definition) is 0. The highest BCUT2D eigenvalue weighted by Gasteiger charge is 2.23. The lowest BCUT2D eigenvalue weighted by Crippen LogP contribution is -2.48. The average molecular weight is 388 g/mol. The molecule has 146 valence electrons. The van der Waals surface area contributed by atoms with Crippen LogP contribution in [0.5, 0.6) is 0 Å². The quantitative estimate of drug-likeness (QED) is 0.708. The second-order valence-corrected chi connectivity index (χ2v) is 9.10. The number of nitrogens with zero attached hydrogens (tertiary/aromatic N) is 3. The summed E-state index contributed by atoms with van der Waals surface area (Å²) in [5, 5.41) is 4.59. The van der Waals surface area contributed by atoms with Crippen LogP contribution in [0.15, 0.2) is 33.7 Å². The highest BCUT2D eigenvalue weighted by Crippen LogP contribution is 2.23. The number of carbonyl (C=O) groups excluding carboxylic acids is 1. The number of benzene rings is 1. The molecular weight excluding hydrogens is 358 g/mol. The Balaban J connectivity index is 1.48. The summed E-state index contributed by atoms with van der Waals surface area (Å²) in [6.45, 7) is 12.5. The van der Waals surface area contributed by atoms with Crippen LogP contribution in [0.4, 0.5) is 0 Å². The molecule has 1 aromatic carbocycles. The van der Waals surface area contributed by atoms with Crippen LogP contribution < -0.4 is 0 Å². The van der Waals surface area contributed by atoms with E-state index in [2.05, 4.69) is 48.2 Å². The molecule has 0 aliphatic carbocycles. The molecule has 6 heteroatoms. The van der Waals surface area contributed by atoms with E-state index in [0.29, 0.717) is 11.7 Å². The molecule has 0 bridgehead atoms. The minimum Gasteiger partial charge on any atom is -0.361 e. The minimum absolute atomic E-state index is 0.219. The largest absolute Gasteiger partial charge is 0.361 e. The molecule has 2 heterocycles. The van der Waals surface area contributed by atoms with Gasteiger partial charge in [0.2, 0.25) is 5.91 Å². The van der Waals surface area contributed by atoms with Gasteiger partial charge >= 0.3 is 0 Å². The lowest BCUT2D eigenvalue weighted by atomic mass is 10.1. The Labute approximate surface area is 166 Å². The lowest BCUT2D eigenvalue weighted by molar-refractivity contribution is -0.132. The number of aryl methyl sites for hydroxylation is 2. The van der Waals surface area contributed by atoms with Gasteiger partial charge in [-0.15, -0.1) is 11.8 Å². The molecule has 0 unspecified atom stereocenters. The Morgan fingerprint density at radius 1 is 1.15 bits per heavy atom. The van der Waals surface area contributed by atoms with Crippen LogP contribution in [0, 0.1) is 13.8 Å². The molecule has 0 atom stereocenters. The van der Waals surface area contributed by atoms with E-state index in [0.717, 1.165) is 49.7 Å². The summed E-state index contributed by atoms with van der Waals surface area (Å²) < 4.78 is 5.25. The Bertz CT molecular complexity index is 743. The molecule has 1 fully saturated rings. The Kier molecular flexibility index (Phi) is 6.60. The third-order valence-corrected chi connectivity index (χ3v) is 5.95. The smallest absolute Gasteiger partial charge is 0.227 e. The molecule has 0 N–H and O–H groups in total. The summed E-state index contributed by atoms with van der Waals surface area (Å²) in [5.74, 6) is 1.11. The predicted octanol–water partition coefficient (Wildman–Crippen LogP) is 3.68. The fourth-order valence-corrected chi connectivity index (χ4v) is 4.19. The molecule has 1 saturated heterocycles. The van der Waals surface area contributed by atoms with E-state index in [1.54, 1.807) is 0 Å². The van der Waals surface area contributed by atoms with Gasteiger partial charge in [0.15, 0.2) is 0 Å². The van der Waals surface area contributed by atoms with Gasteiger partial charge in [0.25, 0.3) is 0 Å². The lowest BCUT2D eigenvalue weighted by Gasteiger charge is -2.34. The molecule has 1 aromatic heterocycles. The first-order valence-electron chi connectivity index (χ1n) is 9.60. The Morgan fingerprint density at radius 2 is 1.81 bits per heavy atom. The molecule has 1 amide bonds. The molecule has 3 rings (SSSR count). The van der Waals surface area contributed by atoms with Gasteiger partial charge in [-0.1, -0.05) is 31.1 Å². The van der Waals surface area contributed by atoms with Crippen LogP contribution in [0.1, 0.15) is 36.4 Å². The second-order valence-electron chi connectivity index (χ2n) is 7.45. The van der Waals surface area contributed by atoms with Gasteiger partial charge in [-0.3, -0.25) is 9.69 Å². The summed E-state index contributed by atoms with van der Waals surface area (Å²) in [4.78, 5) is 18.3. The van der Waals surface area contributed by atoms with Crippen molar-refractivity contribution in [3.63, 3.8) is 0 Å². The topological polar surface area (TPSA) is 49.6 Å². The van der Waals surface area contributed by atoms with Crippen molar-refractivity contribution in [2.24, 2.45) is 0 Å². The van der Waals surface area contributed by atoms with Crippen molar-refractivity contribution >= 4 is 17.7 Å². The molecule has 5 nitrogen and oxygen atoms in total. The summed E-state index contributed by atoms with van der Waals surface area (Å²) in [6, 6.07) is 8.40. The first kappa shape index (κ1) is 20.0. The fraction of sp³-hybridized carbons (Fsp3) is 0.524. The summed E-state index contributed by atoms with van der Waals surface area (Å²) in [6.07, 6.45) is 0.483. The normalized spacial score (nSPS) is 15.5. The second kappa shape index (κ2) is 8.93. The van der Waals surface area contributed by atoms with Gasteiger partial charge in [0, 0.05) is 48.4 Å². The molecule has 0 spiro atoms. The zero-order valence-corrected chi connectivity index (χ0v) is 17.5. The molecule has 0 radical (unpaired) electrons. The van der Waals surface area contributed by atoms with E-state index < -0.39 is 0 Å². The number of hydrogen-bond acceptors (Lipinski definition) is 5. The predicted molar refractivity (Wildman–Crippen MR) is 109 cm³/mol. The monoisotopic (exact) mass is 387 g/mol. The average Bonchev–Trinajstić information content (AvgIpc) is 2.95.